The summed E-state index contributed by atoms with van der Waals surface area (Å²) in [5.41, 5.74) is -1.31. The van der Waals surface area contributed by atoms with Crippen LogP contribution in [0.4, 0.5) is 24.5 Å². The van der Waals surface area contributed by atoms with Gasteiger partial charge in [-0.05, 0) is 19.1 Å². The van der Waals surface area contributed by atoms with Gasteiger partial charge in [-0.3, -0.25) is 0 Å². The summed E-state index contributed by atoms with van der Waals surface area (Å²) >= 11 is 0. The van der Waals surface area contributed by atoms with Gasteiger partial charge < -0.3 is 5.32 Å². The summed E-state index contributed by atoms with van der Waals surface area (Å²) in [7, 11) is 0. The Bertz CT molecular complexity index is 784. The van der Waals surface area contributed by atoms with Crippen LogP contribution in [0.15, 0.2) is 24.3 Å². The number of aryl methyl sites for hydroxylation is 1. The molecule has 1 N–H and O–H groups in total. The summed E-state index contributed by atoms with van der Waals surface area (Å²) < 4.78 is 41.6. The third-order valence-electron chi connectivity index (χ3n) is 2.87. The van der Waals surface area contributed by atoms with Gasteiger partial charge in [0.25, 0.3) is 0 Å². The molecule has 3 nitrogen and oxygen atoms in total. The molecule has 21 heavy (non-hydrogen) atoms. The summed E-state index contributed by atoms with van der Waals surface area (Å²) in [4.78, 5) is 0. The molecule has 0 bridgehead atoms. The molecule has 104 valence electrons. The van der Waals surface area contributed by atoms with Crippen molar-refractivity contribution in [2.24, 2.45) is 0 Å². The molecule has 0 saturated heterocycles. The maximum atomic E-state index is 14.1. The zero-order chi connectivity index (χ0) is 15.6. The van der Waals surface area contributed by atoms with Crippen LogP contribution in [0.25, 0.3) is 0 Å². The molecule has 0 unspecified atom stereocenters. The van der Waals surface area contributed by atoms with Crippen molar-refractivity contribution in [1.29, 1.82) is 10.5 Å². The van der Waals surface area contributed by atoms with Crippen molar-refractivity contribution in [3.8, 4) is 12.1 Å². The Morgan fingerprint density at radius 2 is 1.38 bits per heavy atom. The van der Waals surface area contributed by atoms with Crippen LogP contribution in [0.3, 0.4) is 0 Å². The number of hydrogen-bond donors (Lipinski definition) is 1. The van der Waals surface area contributed by atoms with E-state index in [1.54, 1.807) is 24.3 Å². The number of halogens is 3. The van der Waals surface area contributed by atoms with E-state index in [4.69, 9.17) is 10.5 Å². The van der Waals surface area contributed by atoms with Gasteiger partial charge in [0.15, 0.2) is 17.5 Å². The minimum Gasteiger partial charge on any atom is -0.351 e. The lowest BCUT2D eigenvalue weighted by atomic mass is 10.1. The molecular formula is C15H8F3N3. The number of nitrogens with zero attached hydrogens (tertiary/aromatic N) is 2. The maximum absolute atomic E-state index is 14.1. The summed E-state index contributed by atoms with van der Waals surface area (Å²) in [6.07, 6.45) is 0. The lowest BCUT2D eigenvalue weighted by Gasteiger charge is -2.11. The van der Waals surface area contributed by atoms with Crippen molar-refractivity contribution in [2.45, 2.75) is 6.92 Å². The molecule has 0 saturated carbocycles. The molecule has 0 aliphatic heterocycles. The normalized spacial score (nSPS) is 9.81. The predicted octanol–water partition coefficient (Wildman–Crippen LogP) is 3.90. The van der Waals surface area contributed by atoms with Crippen LogP contribution in [-0.4, -0.2) is 0 Å². The predicted molar refractivity (Wildman–Crippen MR) is 70.2 cm³/mol. The van der Waals surface area contributed by atoms with Crippen molar-refractivity contribution in [3.63, 3.8) is 0 Å². The first-order valence-electron chi connectivity index (χ1n) is 5.84. The number of benzene rings is 2. The SMILES string of the molecule is Cc1ccc(Nc2c(F)c(F)c(C#N)c(C#N)c2F)cc1. The zero-order valence-electron chi connectivity index (χ0n) is 10.8. The van der Waals surface area contributed by atoms with Crippen molar-refractivity contribution in [2.75, 3.05) is 5.32 Å². The largest absolute Gasteiger partial charge is 0.351 e. The van der Waals surface area contributed by atoms with Gasteiger partial charge in [-0.15, -0.1) is 0 Å². The fourth-order valence-corrected chi connectivity index (χ4v) is 1.76. The van der Waals surface area contributed by atoms with Crippen molar-refractivity contribution in [1.82, 2.24) is 0 Å². The van der Waals surface area contributed by atoms with E-state index in [1.165, 1.54) is 12.1 Å². The molecule has 2 aromatic rings. The Kier molecular flexibility index (Phi) is 3.82. The van der Waals surface area contributed by atoms with Gasteiger partial charge in [-0.2, -0.15) is 10.5 Å². The van der Waals surface area contributed by atoms with Crippen LogP contribution in [0.2, 0.25) is 0 Å². The van der Waals surface area contributed by atoms with Gasteiger partial charge >= 0.3 is 0 Å². The number of nitrogens with one attached hydrogen (secondary N) is 1. The molecule has 2 rings (SSSR count). The van der Waals surface area contributed by atoms with Gasteiger partial charge in [0.05, 0.1) is 0 Å². The van der Waals surface area contributed by atoms with Gasteiger partial charge in [0.2, 0.25) is 0 Å². The van der Waals surface area contributed by atoms with E-state index in [-0.39, 0.29) is 0 Å². The second-order valence-electron chi connectivity index (χ2n) is 4.28. The molecule has 0 aliphatic rings. The van der Waals surface area contributed by atoms with Crippen LogP contribution in [0, 0.1) is 47.0 Å². The molecule has 0 spiro atoms. The van der Waals surface area contributed by atoms with E-state index in [0.717, 1.165) is 5.56 Å². The van der Waals surface area contributed by atoms with Crippen LogP contribution >= 0.6 is 0 Å². The highest BCUT2D eigenvalue weighted by molar-refractivity contribution is 5.66. The first kappa shape index (κ1) is 14.4. The Morgan fingerprint density at radius 1 is 0.857 bits per heavy atom. The fourth-order valence-electron chi connectivity index (χ4n) is 1.76. The Labute approximate surface area is 118 Å². The Hall–Kier alpha value is -2.99. The highest BCUT2D eigenvalue weighted by atomic mass is 19.2. The Balaban J connectivity index is 2.60. The first-order valence-corrected chi connectivity index (χ1v) is 5.84. The highest BCUT2D eigenvalue weighted by Gasteiger charge is 2.25. The molecule has 0 aromatic heterocycles. The van der Waals surface area contributed by atoms with Gasteiger partial charge in [0, 0.05) is 5.69 Å². The van der Waals surface area contributed by atoms with Crippen molar-refractivity contribution < 1.29 is 13.2 Å². The molecule has 0 aliphatic carbocycles. The zero-order valence-corrected chi connectivity index (χ0v) is 10.8. The van der Waals surface area contributed by atoms with E-state index in [1.807, 2.05) is 6.92 Å². The van der Waals surface area contributed by atoms with Crippen LogP contribution < -0.4 is 5.32 Å². The number of rotatable bonds is 2. The maximum Gasteiger partial charge on any atom is 0.186 e. The van der Waals surface area contributed by atoms with E-state index < -0.39 is 34.3 Å². The average molecular weight is 287 g/mol. The summed E-state index contributed by atoms with van der Waals surface area (Å²) in [5.74, 6) is -4.39. The number of hydrogen-bond acceptors (Lipinski definition) is 3. The quantitative estimate of drug-likeness (QED) is 0.852. The second-order valence-corrected chi connectivity index (χ2v) is 4.28. The fraction of sp³-hybridized carbons (Fsp3) is 0.0667. The van der Waals surface area contributed by atoms with E-state index in [2.05, 4.69) is 5.32 Å². The van der Waals surface area contributed by atoms with Gasteiger partial charge in [-0.1, -0.05) is 17.7 Å². The lowest BCUT2D eigenvalue weighted by molar-refractivity contribution is 0.496. The average Bonchev–Trinajstić information content (AvgIpc) is 2.49. The smallest absolute Gasteiger partial charge is 0.186 e. The molecule has 0 amide bonds. The van der Waals surface area contributed by atoms with E-state index in [9.17, 15) is 13.2 Å². The van der Waals surface area contributed by atoms with Crippen LogP contribution in [0.1, 0.15) is 16.7 Å². The molecular weight excluding hydrogens is 279 g/mol. The standard InChI is InChI=1S/C15H8F3N3/c1-8-2-4-9(5-3-8)21-15-13(17)11(7-20)10(6-19)12(16)14(15)18/h2-5,21H,1H3. The monoisotopic (exact) mass is 287 g/mol. The van der Waals surface area contributed by atoms with Crippen molar-refractivity contribution >= 4 is 11.4 Å². The minimum atomic E-state index is -1.55. The number of anilines is 2. The summed E-state index contributed by atoms with van der Waals surface area (Å²) in [5, 5.41) is 19.9. The van der Waals surface area contributed by atoms with Gasteiger partial charge in [0.1, 0.15) is 29.0 Å². The summed E-state index contributed by atoms with van der Waals surface area (Å²) in [6.45, 7) is 1.83. The topological polar surface area (TPSA) is 59.6 Å². The van der Waals surface area contributed by atoms with Crippen LogP contribution in [0.5, 0.6) is 0 Å². The molecule has 0 fully saturated rings. The molecule has 6 heteroatoms. The molecule has 0 heterocycles. The lowest BCUT2D eigenvalue weighted by Crippen LogP contribution is -2.06. The first-order chi connectivity index (χ1) is 9.99. The highest BCUT2D eigenvalue weighted by Crippen LogP contribution is 2.30. The molecule has 2 aromatic carbocycles. The minimum absolute atomic E-state index is 0.325. The number of nitriles is 2. The van der Waals surface area contributed by atoms with Crippen LogP contribution in [-0.2, 0) is 0 Å². The third-order valence-corrected chi connectivity index (χ3v) is 2.87. The van der Waals surface area contributed by atoms with Crippen molar-refractivity contribution in [3.05, 3.63) is 58.4 Å². The molecule has 0 radical (unpaired) electrons. The van der Waals surface area contributed by atoms with E-state index in [0.29, 0.717) is 5.69 Å². The van der Waals surface area contributed by atoms with Gasteiger partial charge in [-0.25, -0.2) is 13.2 Å². The second kappa shape index (κ2) is 5.56. The summed E-state index contributed by atoms with van der Waals surface area (Å²) in [6, 6.07) is 9.16. The Morgan fingerprint density at radius 3 is 1.90 bits per heavy atom. The molecule has 0 atom stereocenters. The van der Waals surface area contributed by atoms with E-state index >= 15 is 0 Å². The third kappa shape index (κ3) is 2.52.